The minimum atomic E-state index is -0.0622. The van der Waals surface area contributed by atoms with Gasteiger partial charge in [-0.05, 0) is 59.3 Å². The fraction of sp³-hybridized carbons (Fsp3) is 0.889. The summed E-state index contributed by atoms with van der Waals surface area (Å²) >= 11 is 0. The van der Waals surface area contributed by atoms with E-state index in [2.05, 4.69) is 55.0 Å². The quantitative estimate of drug-likeness (QED) is 0.475. The van der Waals surface area contributed by atoms with Crippen molar-refractivity contribution in [2.45, 2.75) is 91.5 Å². The van der Waals surface area contributed by atoms with Crippen LogP contribution in [0.5, 0.6) is 0 Å². The van der Waals surface area contributed by atoms with Crippen LogP contribution < -0.4 is 0 Å². The van der Waals surface area contributed by atoms with E-state index >= 15 is 0 Å². The van der Waals surface area contributed by atoms with Gasteiger partial charge in [0.05, 0.1) is 17.3 Å². The van der Waals surface area contributed by atoms with Crippen LogP contribution >= 0.6 is 0 Å². The molecule has 0 spiro atoms. The molecule has 3 unspecified atom stereocenters. The van der Waals surface area contributed by atoms with Crippen molar-refractivity contribution in [1.82, 2.24) is 0 Å². The van der Waals surface area contributed by atoms with Gasteiger partial charge in [0.15, 0.2) is 0 Å². The summed E-state index contributed by atoms with van der Waals surface area (Å²) in [5.41, 5.74) is -0.0849. The standard InChI is InChI=1S/C18H36O2/c1-9-15(4)14-18(8,11-3)20-16(5)12-13-19-17(6,7)10-2/h9,15-16H,1,10-14H2,2-8H3. The van der Waals surface area contributed by atoms with Gasteiger partial charge in [0.1, 0.15) is 0 Å². The van der Waals surface area contributed by atoms with Crippen molar-refractivity contribution in [3.8, 4) is 0 Å². The lowest BCUT2D eigenvalue weighted by atomic mass is 9.90. The van der Waals surface area contributed by atoms with Gasteiger partial charge >= 0.3 is 0 Å². The van der Waals surface area contributed by atoms with Gasteiger partial charge in [-0.1, -0.05) is 26.8 Å². The van der Waals surface area contributed by atoms with Gasteiger partial charge in [0.25, 0.3) is 0 Å². The van der Waals surface area contributed by atoms with E-state index < -0.39 is 0 Å². The number of rotatable bonds is 11. The molecule has 0 saturated heterocycles. The molecule has 0 aromatic heterocycles. The van der Waals surface area contributed by atoms with Gasteiger partial charge in [-0.15, -0.1) is 6.58 Å². The number of hydrogen-bond donors (Lipinski definition) is 0. The van der Waals surface area contributed by atoms with Crippen molar-refractivity contribution in [1.29, 1.82) is 0 Å². The number of hydrogen-bond acceptors (Lipinski definition) is 2. The number of ether oxygens (including phenoxy) is 2. The predicted molar refractivity (Wildman–Crippen MR) is 88.2 cm³/mol. The molecule has 120 valence electrons. The van der Waals surface area contributed by atoms with Crippen LogP contribution in [-0.2, 0) is 9.47 Å². The van der Waals surface area contributed by atoms with Crippen molar-refractivity contribution in [2.24, 2.45) is 5.92 Å². The fourth-order valence-corrected chi connectivity index (χ4v) is 2.19. The van der Waals surface area contributed by atoms with Crippen LogP contribution in [0.3, 0.4) is 0 Å². The van der Waals surface area contributed by atoms with Gasteiger partial charge < -0.3 is 9.47 Å². The fourth-order valence-electron chi connectivity index (χ4n) is 2.19. The predicted octanol–water partition coefficient (Wildman–Crippen LogP) is 5.37. The number of allylic oxidation sites excluding steroid dienone is 1. The molecule has 0 N–H and O–H groups in total. The molecule has 0 aromatic rings. The van der Waals surface area contributed by atoms with Crippen molar-refractivity contribution in [2.75, 3.05) is 6.61 Å². The van der Waals surface area contributed by atoms with Crippen molar-refractivity contribution >= 4 is 0 Å². The van der Waals surface area contributed by atoms with E-state index in [1.165, 1.54) is 0 Å². The summed E-state index contributed by atoms with van der Waals surface area (Å²) in [7, 11) is 0. The molecule has 0 radical (unpaired) electrons. The Morgan fingerprint density at radius 1 is 1.10 bits per heavy atom. The molecule has 2 heteroatoms. The van der Waals surface area contributed by atoms with Crippen LogP contribution in [-0.4, -0.2) is 23.9 Å². The molecular formula is C18H36O2. The second kappa shape index (κ2) is 8.84. The van der Waals surface area contributed by atoms with Crippen molar-refractivity contribution in [3.05, 3.63) is 12.7 Å². The molecule has 0 amide bonds. The molecular weight excluding hydrogens is 248 g/mol. The molecule has 20 heavy (non-hydrogen) atoms. The zero-order valence-corrected chi connectivity index (χ0v) is 14.8. The lowest BCUT2D eigenvalue weighted by Crippen LogP contribution is -2.34. The lowest BCUT2D eigenvalue weighted by Gasteiger charge is -2.34. The van der Waals surface area contributed by atoms with Gasteiger partial charge in [-0.2, -0.15) is 0 Å². The Labute approximate surface area is 126 Å². The van der Waals surface area contributed by atoms with E-state index in [4.69, 9.17) is 9.47 Å². The smallest absolute Gasteiger partial charge is 0.0661 e. The average molecular weight is 284 g/mol. The Balaban J connectivity index is 4.21. The molecule has 0 bridgehead atoms. The van der Waals surface area contributed by atoms with Gasteiger partial charge in [-0.3, -0.25) is 0 Å². The van der Waals surface area contributed by atoms with Crippen LogP contribution in [0.15, 0.2) is 12.7 Å². The zero-order valence-electron chi connectivity index (χ0n) is 14.8. The second-order valence-corrected chi connectivity index (χ2v) is 6.90. The van der Waals surface area contributed by atoms with Crippen molar-refractivity contribution < 1.29 is 9.47 Å². The molecule has 2 nitrogen and oxygen atoms in total. The normalized spacial score (nSPS) is 18.4. The molecule has 3 atom stereocenters. The average Bonchev–Trinajstić information content (AvgIpc) is 2.38. The summed E-state index contributed by atoms with van der Waals surface area (Å²) in [6, 6.07) is 0. The summed E-state index contributed by atoms with van der Waals surface area (Å²) in [6.07, 6.45) is 6.27. The Morgan fingerprint density at radius 3 is 2.15 bits per heavy atom. The Hall–Kier alpha value is -0.340. The molecule has 0 aliphatic carbocycles. The van der Waals surface area contributed by atoms with E-state index in [0.717, 1.165) is 32.3 Å². The molecule has 0 aliphatic heterocycles. The molecule has 0 heterocycles. The van der Waals surface area contributed by atoms with Gasteiger partial charge in [0.2, 0.25) is 0 Å². The SMILES string of the molecule is C=CC(C)CC(C)(CC)OC(C)CCOC(C)(C)CC. The summed E-state index contributed by atoms with van der Waals surface area (Å²) in [5, 5.41) is 0. The largest absolute Gasteiger partial charge is 0.375 e. The van der Waals surface area contributed by atoms with Gasteiger partial charge in [0, 0.05) is 6.61 Å². The molecule has 0 rings (SSSR count). The third-order valence-corrected chi connectivity index (χ3v) is 4.26. The summed E-state index contributed by atoms with van der Waals surface area (Å²) in [4.78, 5) is 0. The van der Waals surface area contributed by atoms with Crippen LogP contribution in [0.25, 0.3) is 0 Å². The zero-order chi connectivity index (χ0) is 15.8. The Morgan fingerprint density at radius 2 is 1.70 bits per heavy atom. The first-order chi connectivity index (χ1) is 9.18. The van der Waals surface area contributed by atoms with E-state index in [9.17, 15) is 0 Å². The van der Waals surface area contributed by atoms with Crippen LogP contribution in [0, 0.1) is 5.92 Å². The van der Waals surface area contributed by atoms with E-state index in [-0.39, 0.29) is 17.3 Å². The third-order valence-electron chi connectivity index (χ3n) is 4.26. The van der Waals surface area contributed by atoms with E-state index in [1.807, 2.05) is 6.08 Å². The first kappa shape index (κ1) is 19.7. The first-order valence-electron chi connectivity index (χ1n) is 8.12. The maximum atomic E-state index is 6.28. The molecule has 0 fully saturated rings. The highest BCUT2D eigenvalue weighted by atomic mass is 16.5. The molecule has 0 saturated carbocycles. The topological polar surface area (TPSA) is 18.5 Å². The summed E-state index contributed by atoms with van der Waals surface area (Å²) < 4.78 is 12.2. The minimum absolute atomic E-state index is 0.0227. The van der Waals surface area contributed by atoms with Crippen LogP contribution in [0.2, 0.25) is 0 Å². The maximum Gasteiger partial charge on any atom is 0.0661 e. The monoisotopic (exact) mass is 284 g/mol. The Bertz CT molecular complexity index is 273. The highest BCUT2D eigenvalue weighted by molar-refractivity contribution is 4.85. The van der Waals surface area contributed by atoms with Gasteiger partial charge in [-0.25, -0.2) is 0 Å². The van der Waals surface area contributed by atoms with Crippen molar-refractivity contribution in [3.63, 3.8) is 0 Å². The maximum absolute atomic E-state index is 6.28. The van der Waals surface area contributed by atoms with Crippen LogP contribution in [0.1, 0.15) is 74.1 Å². The minimum Gasteiger partial charge on any atom is -0.375 e. The second-order valence-electron chi connectivity index (χ2n) is 6.90. The highest BCUT2D eigenvalue weighted by Gasteiger charge is 2.27. The van der Waals surface area contributed by atoms with Crippen LogP contribution in [0.4, 0.5) is 0 Å². The van der Waals surface area contributed by atoms with E-state index in [0.29, 0.717) is 5.92 Å². The third kappa shape index (κ3) is 8.06. The lowest BCUT2D eigenvalue weighted by molar-refractivity contribution is -0.105. The first-order valence-corrected chi connectivity index (χ1v) is 8.12. The highest BCUT2D eigenvalue weighted by Crippen LogP contribution is 2.27. The Kier molecular flexibility index (Phi) is 8.69. The summed E-state index contributed by atoms with van der Waals surface area (Å²) in [5.74, 6) is 0.488. The summed E-state index contributed by atoms with van der Waals surface area (Å²) in [6.45, 7) is 19.8. The molecule has 0 aliphatic rings. The molecule has 0 aromatic carbocycles. The van der Waals surface area contributed by atoms with E-state index in [1.54, 1.807) is 0 Å².